The molecule has 1 aromatic rings. The molecule has 178 valence electrons. The van der Waals surface area contributed by atoms with Gasteiger partial charge in [-0.25, -0.2) is 9.59 Å². The van der Waals surface area contributed by atoms with Crippen LogP contribution in [0.5, 0.6) is 0 Å². The van der Waals surface area contributed by atoms with E-state index in [-0.39, 0.29) is 18.2 Å². The molecule has 0 bridgehead atoms. The Bertz CT molecular complexity index is 744. The molecular formula is C24H38N4O4. The molecule has 32 heavy (non-hydrogen) atoms. The number of ether oxygens (including phenoxy) is 2. The highest BCUT2D eigenvalue weighted by molar-refractivity contribution is 5.68. The monoisotopic (exact) mass is 446 g/mol. The van der Waals surface area contributed by atoms with Crippen LogP contribution in [0.15, 0.2) is 30.3 Å². The van der Waals surface area contributed by atoms with Crippen LogP contribution in [0, 0.1) is 0 Å². The highest BCUT2D eigenvalue weighted by atomic mass is 16.6. The van der Waals surface area contributed by atoms with Crippen LogP contribution in [-0.2, 0) is 16.1 Å². The Morgan fingerprint density at radius 3 is 2.19 bits per heavy atom. The summed E-state index contributed by atoms with van der Waals surface area (Å²) in [5.41, 5.74) is 0.541. The van der Waals surface area contributed by atoms with Crippen molar-refractivity contribution in [2.75, 3.05) is 58.9 Å². The summed E-state index contributed by atoms with van der Waals surface area (Å²) in [7, 11) is 0. The number of carbonyl (C=O) groups is 2. The maximum atomic E-state index is 12.4. The molecular weight excluding hydrogens is 408 g/mol. The zero-order chi connectivity index (χ0) is 23.1. The van der Waals surface area contributed by atoms with Crippen LogP contribution < -0.4 is 0 Å². The molecule has 0 aromatic heterocycles. The third-order valence-electron chi connectivity index (χ3n) is 5.96. The van der Waals surface area contributed by atoms with Crippen LogP contribution >= 0.6 is 0 Å². The lowest BCUT2D eigenvalue weighted by atomic mass is 10.2. The first-order valence-corrected chi connectivity index (χ1v) is 11.6. The Hall–Kier alpha value is -2.32. The number of piperazine rings is 2. The Balaban J connectivity index is 1.34. The van der Waals surface area contributed by atoms with E-state index in [0.29, 0.717) is 32.8 Å². The normalized spacial score (nSPS) is 20.8. The molecule has 1 aromatic carbocycles. The standard InChI is InChI=1S/C24H38N4O4/c1-20-18-28(22(29)31-19-21-8-6-5-7-9-21)17-16-26(20)13-10-25-11-14-27(15-12-25)23(30)32-24(2,3)4/h5-9,20H,10-19H2,1-4H3/t20-/m0/s1. The fourth-order valence-corrected chi connectivity index (χ4v) is 4.05. The first-order valence-electron chi connectivity index (χ1n) is 11.6. The molecule has 2 aliphatic heterocycles. The summed E-state index contributed by atoms with van der Waals surface area (Å²) in [6.45, 7) is 15.4. The molecule has 0 aliphatic carbocycles. The van der Waals surface area contributed by atoms with Crippen molar-refractivity contribution in [2.45, 2.75) is 45.9 Å². The SMILES string of the molecule is C[C@H]1CN(C(=O)OCc2ccccc2)CCN1CCN1CCN(C(=O)OC(C)(C)C)CC1. The van der Waals surface area contributed by atoms with Crippen molar-refractivity contribution in [1.82, 2.24) is 19.6 Å². The third kappa shape index (κ3) is 7.38. The topological polar surface area (TPSA) is 65.6 Å². The van der Waals surface area contributed by atoms with E-state index in [0.717, 1.165) is 38.3 Å². The number of carbonyl (C=O) groups excluding carboxylic acids is 2. The minimum atomic E-state index is -0.458. The Morgan fingerprint density at radius 1 is 0.906 bits per heavy atom. The van der Waals surface area contributed by atoms with Gasteiger partial charge < -0.3 is 19.3 Å². The van der Waals surface area contributed by atoms with Crippen molar-refractivity contribution in [3.63, 3.8) is 0 Å². The van der Waals surface area contributed by atoms with Crippen LogP contribution in [0.4, 0.5) is 9.59 Å². The molecule has 0 unspecified atom stereocenters. The summed E-state index contributed by atoms with van der Waals surface area (Å²) in [6, 6.07) is 10.1. The fourth-order valence-electron chi connectivity index (χ4n) is 4.05. The third-order valence-corrected chi connectivity index (χ3v) is 5.96. The highest BCUT2D eigenvalue weighted by Crippen LogP contribution is 2.14. The average Bonchev–Trinajstić information content (AvgIpc) is 2.76. The molecule has 2 fully saturated rings. The lowest BCUT2D eigenvalue weighted by Crippen LogP contribution is -2.56. The quantitative estimate of drug-likeness (QED) is 0.693. The van der Waals surface area contributed by atoms with Gasteiger partial charge in [0.15, 0.2) is 0 Å². The first kappa shape index (κ1) is 24.3. The van der Waals surface area contributed by atoms with Gasteiger partial charge in [-0.15, -0.1) is 0 Å². The second-order valence-electron chi connectivity index (χ2n) is 9.68. The number of amides is 2. The van der Waals surface area contributed by atoms with Crippen LogP contribution in [-0.4, -0.2) is 102 Å². The smallest absolute Gasteiger partial charge is 0.410 e. The van der Waals surface area contributed by atoms with Crippen LogP contribution in [0.3, 0.4) is 0 Å². The molecule has 0 spiro atoms. The molecule has 8 heteroatoms. The predicted molar refractivity (Wildman–Crippen MR) is 123 cm³/mol. The fraction of sp³-hybridized carbons (Fsp3) is 0.667. The lowest BCUT2D eigenvalue weighted by molar-refractivity contribution is 0.0118. The van der Waals surface area contributed by atoms with Gasteiger partial charge in [-0.05, 0) is 33.3 Å². The average molecular weight is 447 g/mol. The molecule has 0 N–H and O–H groups in total. The van der Waals surface area contributed by atoms with Crippen molar-refractivity contribution in [1.29, 1.82) is 0 Å². The van der Waals surface area contributed by atoms with E-state index in [2.05, 4.69) is 16.7 Å². The molecule has 0 radical (unpaired) electrons. The molecule has 2 amide bonds. The molecule has 8 nitrogen and oxygen atoms in total. The largest absolute Gasteiger partial charge is 0.445 e. The Morgan fingerprint density at radius 2 is 1.56 bits per heavy atom. The summed E-state index contributed by atoms with van der Waals surface area (Å²) < 4.78 is 11.0. The second-order valence-corrected chi connectivity index (χ2v) is 9.68. The molecule has 1 atom stereocenters. The van der Waals surface area contributed by atoms with Gasteiger partial charge >= 0.3 is 12.2 Å². The van der Waals surface area contributed by atoms with E-state index in [1.807, 2.05) is 56.0 Å². The van der Waals surface area contributed by atoms with Gasteiger partial charge in [0.1, 0.15) is 12.2 Å². The van der Waals surface area contributed by atoms with E-state index in [1.54, 1.807) is 4.90 Å². The van der Waals surface area contributed by atoms with Crippen LogP contribution in [0.2, 0.25) is 0 Å². The van der Waals surface area contributed by atoms with Gasteiger partial charge in [-0.1, -0.05) is 30.3 Å². The predicted octanol–water partition coefficient (Wildman–Crippen LogP) is 2.88. The van der Waals surface area contributed by atoms with Gasteiger partial charge in [0, 0.05) is 64.9 Å². The van der Waals surface area contributed by atoms with Gasteiger partial charge in [0.25, 0.3) is 0 Å². The lowest BCUT2D eigenvalue weighted by Gasteiger charge is -2.41. The van der Waals surface area contributed by atoms with Gasteiger partial charge in [0.05, 0.1) is 0 Å². The van der Waals surface area contributed by atoms with Crippen molar-refractivity contribution >= 4 is 12.2 Å². The van der Waals surface area contributed by atoms with Crippen LogP contribution in [0.1, 0.15) is 33.3 Å². The van der Waals surface area contributed by atoms with E-state index in [9.17, 15) is 9.59 Å². The maximum Gasteiger partial charge on any atom is 0.410 e. The molecule has 2 saturated heterocycles. The van der Waals surface area contributed by atoms with Crippen molar-refractivity contribution in [3.05, 3.63) is 35.9 Å². The second kappa shape index (κ2) is 11.0. The van der Waals surface area contributed by atoms with E-state index in [4.69, 9.17) is 9.47 Å². The summed E-state index contributed by atoms with van der Waals surface area (Å²) in [4.78, 5) is 33.1. The molecule has 3 rings (SSSR count). The zero-order valence-corrected chi connectivity index (χ0v) is 20.0. The number of benzene rings is 1. The van der Waals surface area contributed by atoms with Crippen molar-refractivity contribution in [2.24, 2.45) is 0 Å². The van der Waals surface area contributed by atoms with Gasteiger partial charge in [-0.3, -0.25) is 9.80 Å². The van der Waals surface area contributed by atoms with E-state index >= 15 is 0 Å². The minimum Gasteiger partial charge on any atom is -0.445 e. The summed E-state index contributed by atoms with van der Waals surface area (Å²) in [5, 5.41) is 0. The molecule has 2 aliphatic rings. The Labute approximate surface area is 192 Å². The summed E-state index contributed by atoms with van der Waals surface area (Å²) in [6.07, 6.45) is -0.459. The van der Waals surface area contributed by atoms with E-state index < -0.39 is 5.60 Å². The zero-order valence-electron chi connectivity index (χ0n) is 20.0. The number of rotatable bonds is 5. The van der Waals surface area contributed by atoms with E-state index in [1.165, 1.54) is 0 Å². The first-order chi connectivity index (χ1) is 15.2. The number of hydrogen-bond donors (Lipinski definition) is 0. The molecule has 0 saturated carbocycles. The number of hydrogen-bond acceptors (Lipinski definition) is 6. The minimum absolute atomic E-state index is 0.221. The summed E-state index contributed by atoms with van der Waals surface area (Å²) in [5.74, 6) is 0. The van der Waals surface area contributed by atoms with Gasteiger partial charge in [0.2, 0.25) is 0 Å². The van der Waals surface area contributed by atoms with Gasteiger partial charge in [-0.2, -0.15) is 0 Å². The molecule has 2 heterocycles. The highest BCUT2D eigenvalue weighted by Gasteiger charge is 2.29. The Kier molecular flexibility index (Phi) is 8.37. The maximum absolute atomic E-state index is 12.4. The van der Waals surface area contributed by atoms with Crippen molar-refractivity contribution in [3.8, 4) is 0 Å². The summed E-state index contributed by atoms with van der Waals surface area (Å²) >= 11 is 0. The number of nitrogens with zero attached hydrogens (tertiary/aromatic N) is 4. The van der Waals surface area contributed by atoms with Crippen LogP contribution in [0.25, 0.3) is 0 Å². The van der Waals surface area contributed by atoms with Crippen molar-refractivity contribution < 1.29 is 19.1 Å².